The van der Waals surface area contributed by atoms with Crippen LogP contribution in [-0.4, -0.2) is 49.0 Å². The number of morpholine rings is 1. The quantitative estimate of drug-likeness (QED) is 0.842. The molecule has 1 unspecified atom stereocenters. The summed E-state index contributed by atoms with van der Waals surface area (Å²) in [7, 11) is 1.32. The van der Waals surface area contributed by atoms with E-state index in [1.165, 1.54) is 13.2 Å². The lowest BCUT2D eigenvalue weighted by Gasteiger charge is -2.32. The molecule has 2 rings (SSSR count). The number of aliphatic hydroxyl groups is 1. The molecule has 1 fully saturated rings. The van der Waals surface area contributed by atoms with E-state index in [0.29, 0.717) is 42.3 Å². The lowest BCUT2D eigenvalue weighted by Crippen LogP contribution is -2.41. The fraction of sp³-hybridized carbons (Fsp3) is 0.467. The molecule has 0 amide bonds. The Kier molecular flexibility index (Phi) is 4.93. The van der Waals surface area contributed by atoms with Gasteiger partial charge in [0.15, 0.2) is 0 Å². The fourth-order valence-corrected chi connectivity index (χ4v) is 2.41. The van der Waals surface area contributed by atoms with Gasteiger partial charge in [-0.1, -0.05) is 12.7 Å². The van der Waals surface area contributed by atoms with E-state index < -0.39 is 5.97 Å². The van der Waals surface area contributed by atoms with E-state index in [0.717, 1.165) is 0 Å². The highest BCUT2D eigenvalue weighted by Crippen LogP contribution is 2.24. The molecular weight excluding hydrogens is 272 g/mol. The van der Waals surface area contributed by atoms with E-state index in [-0.39, 0.29) is 12.7 Å². The molecule has 2 heterocycles. The van der Waals surface area contributed by atoms with E-state index in [1.807, 2.05) is 11.8 Å². The zero-order valence-corrected chi connectivity index (χ0v) is 12.3. The Morgan fingerprint density at radius 3 is 3.05 bits per heavy atom. The third-order valence-electron chi connectivity index (χ3n) is 3.45. The van der Waals surface area contributed by atoms with Crippen LogP contribution in [0.2, 0.25) is 0 Å². The maximum atomic E-state index is 11.9. The molecule has 0 aromatic carbocycles. The Hall–Kier alpha value is -1.92. The number of pyridine rings is 1. The van der Waals surface area contributed by atoms with Crippen molar-refractivity contribution in [2.75, 3.05) is 31.7 Å². The molecule has 0 radical (unpaired) electrons. The zero-order chi connectivity index (χ0) is 15.4. The zero-order valence-electron chi connectivity index (χ0n) is 12.3. The van der Waals surface area contributed by atoms with Crippen LogP contribution in [0.1, 0.15) is 28.5 Å². The number of aliphatic hydroxyl groups excluding tert-OH is 1. The summed E-state index contributed by atoms with van der Waals surface area (Å²) in [6, 6.07) is 1.68. The van der Waals surface area contributed by atoms with Gasteiger partial charge in [-0.15, -0.1) is 0 Å². The van der Waals surface area contributed by atoms with Gasteiger partial charge in [0.1, 0.15) is 5.82 Å². The van der Waals surface area contributed by atoms with Gasteiger partial charge in [-0.3, -0.25) is 0 Å². The molecule has 1 aromatic rings. The van der Waals surface area contributed by atoms with Gasteiger partial charge in [0.2, 0.25) is 0 Å². The molecule has 1 saturated heterocycles. The van der Waals surface area contributed by atoms with Crippen molar-refractivity contribution in [3.8, 4) is 0 Å². The number of esters is 1. The Labute approximate surface area is 124 Å². The maximum Gasteiger partial charge on any atom is 0.338 e. The summed E-state index contributed by atoms with van der Waals surface area (Å²) >= 11 is 0. The second-order valence-electron chi connectivity index (χ2n) is 4.87. The van der Waals surface area contributed by atoms with Crippen molar-refractivity contribution in [2.45, 2.75) is 19.6 Å². The highest BCUT2D eigenvalue weighted by atomic mass is 16.5. The topological polar surface area (TPSA) is 71.9 Å². The Morgan fingerprint density at radius 2 is 2.48 bits per heavy atom. The van der Waals surface area contributed by atoms with Gasteiger partial charge >= 0.3 is 5.97 Å². The molecule has 0 aliphatic carbocycles. The van der Waals surface area contributed by atoms with Gasteiger partial charge in [-0.25, -0.2) is 9.78 Å². The average molecular weight is 292 g/mol. The number of hydrogen-bond donors (Lipinski definition) is 1. The predicted molar refractivity (Wildman–Crippen MR) is 79.2 cm³/mol. The number of anilines is 1. The molecule has 1 atom stereocenters. The summed E-state index contributed by atoms with van der Waals surface area (Å²) in [5.41, 5.74) is 1.29. The van der Waals surface area contributed by atoms with Crippen LogP contribution in [0.15, 0.2) is 12.6 Å². The Balaban J connectivity index is 2.47. The number of methoxy groups -OCH3 is 1. The second-order valence-corrected chi connectivity index (χ2v) is 4.87. The molecule has 0 saturated carbocycles. The smallest absolute Gasteiger partial charge is 0.338 e. The van der Waals surface area contributed by atoms with Crippen LogP contribution in [-0.2, 0) is 16.1 Å². The van der Waals surface area contributed by atoms with Crippen LogP contribution in [0.25, 0.3) is 6.08 Å². The van der Waals surface area contributed by atoms with E-state index in [4.69, 9.17) is 9.47 Å². The van der Waals surface area contributed by atoms with Crippen molar-refractivity contribution in [1.29, 1.82) is 0 Å². The van der Waals surface area contributed by atoms with Crippen LogP contribution in [0.4, 0.5) is 5.82 Å². The first-order chi connectivity index (χ1) is 10.1. The molecular formula is C15H20N2O4. The van der Waals surface area contributed by atoms with Crippen LogP contribution in [0, 0.1) is 0 Å². The third-order valence-corrected chi connectivity index (χ3v) is 3.45. The van der Waals surface area contributed by atoms with Crippen molar-refractivity contribution in [2.24, 2.45) is 0 Å². The van der Waals surface area contributed by atoms with Crippen molar-refractivity contribution < 1.29 is 19.4 Å². The summed E-state index contributed by atoms with van der Waals surface area (Å²) in [6.07, 6.45) is 1.61. The molecule has 1 aliphatic rings. The lowest BCUT2D eigenvalue weighted by molar-refractivity contribution is 0.0529. The first kappa shape index (κ1) is 15.5. The second kappa shape index (κ2) is 6.69. The number of nitrogens with zero attached hydrogens (tertiary/aromatic N) is 2. The van der Waals surface area contributed by atoms with E-state index in [1.54, 1.807) is 6.07 Å². The first-order valence-electron chi connectivity index (χ1n) is 6.82. The highest BCUT2D eigenvalue weighted by Gasteiger charge is 2.22. The van der Waals surface area contributed by atoms with E-state index in [9.17, 15) is 9.90 Å². The van der Waals surface area contributed by atoms with Gasteiger partial charge in [-0.05, 0) is 13.0 Å². The molecule has 6 heteroatoms. The summed E-state index contributed by atoms with van der Waals surface area (Å²) in [5, 5.41) is 9.50. The minimum Gasteiger partial charge on any atom is -0.465 e. The maximum absolute atomic E-state index is 11.9. The van der Waals surface area contributed by atoms with Gasteiger partial charge in [0, 0.05) is 18.7 Å². The van der Waals surface area contributed by atoms with Crippen LogP contribution in [0.3, 0.4) is 0 Å². The summed E-state index contributed by atoms with van der Waals surface area (Å²) in [4.78, 5) is 18.4. The van der Waals surface area contributed by atoms with Crippen molar-refractivity contribution >= 4 is 17.9 Å². The van der Waals surface area contributed by atoms with Crippen molar-refractivity contribution in [3.63, 3.8) is 0 Å². The summed E-state index contributed by atoms with van der Waals surface area (Å²) in [5.74, 6) is 0.171. The molecule has 0 spiro atoms. The molecule has 21 heavy (non-hydrogen) atoms. The third kappa shape index (κ3) is 3.22. The monoisotopic (exact) mass is 292 g/mol. The minimum atomic E-state index is -0.468. The van der Waals surface area contributed by atoms with Gasteiger partial charge < -0.3 is 19.5 Å². The molecule has 1 N–H and O–H groups in total. The normalized spacial score (nSPS) is 18.4. The summed E-state index contributed by atoms with van der Waals surface area (Å²) in [6.45, 7) is 7.38. The SMILES string of the molecule is C=Cc1c(C(=O)OC)cc(N2CCOC(C)C2)nc1CO. The number of ether oxygens (including phenoxy) is 2. The van der Waals surface area contributed by atoms with Crippen LogP contribution < -0.4 is 4.90 Å². The molecule has 0 bridgehead atoms. The van der Waals surface area contributed by atoms with Gasteiger partial charge in [-0.2, -0.15) is 0 Å². The minimum absolute atomic E-state index is 0.0961. The number of carbonyl (C=O) groups is 1. The largest absolute Gasteiger partial charge is 0.465 e. The number of rotatable bonds is 4. The predicted octanol–water partition coefficient (Wildman–Crippen LogP) is 1.23. The average Bonchev–Trinajstić information content (AvgIpc) is 2.52. The van der Waals surface area contributed by atoms with Crippen LogP contribution in [0.5, 0.6) is 0 Å². The van der Waals surface area contributed by atoms with Crippen molar-refractivity contribution in [3.05, 3.63) is 29.5 Å². The molecule has 1 aliphatic heterocycles. The number of hydrogen-bond acceptors (Lipinski definition) is 6. The van der Waals surface area contributed by atoms with Crippen LogP contribution >= 0.6 is 0 Å². The van der Waals surface area contributed by atoms with Crippen molar-refractivity contribution in [1.82, 2.24) is 4.98 Å². The van der Waals surface area contributed by atoms with E-state index in [2.05, 4.69) is 11.6 Å². The fourth-order valence-electron chi connectivity index (χ4n) is 2.41. The Bertz CT molecular complexity index is 545. The molecule has 1 aromatic heterocycles. The number of carbonyl (C=O) groups excluding carboxylic acids is 1. The molecule has 114 valence electrons. The van der Waals surface area contributed by atoms with Gasteiger partial charge in [0.25, 0.3) is 0 Å². The van der Waals surface area contributed by atoms with Gasteiger partial charge in [0.05, 0.1) is 37.7 Å². The number of aromatic nitrogens is 1. The Morgan fingerprint density at radius 1 is 1.71 bits per heavy atom. The summed E-state index contributed by atoms with van der Waals surface area (Å²) < 4.78 is 10.3. The van der Waals surface area contributed by atoms with E-state index >= 15 is 0 Å². The molecule has 6 nitrogen and oxygen atoms in total. The highest BCUT2D eigenvalue weighted by molar-refractivity contribution is 5.94. The first-order valence-corrected chi connectivity index (χ1v) is 6.82. The lowest BCUT2D eigenvalue weighted by atomic mass is 10.1. The standard InChI is InChI=1S/C15H20N2O4/c1-4-11-12(15(19)20-3)7-14(16-13(11)9-18)17-5-6-21-10(2)8-17/h4,7,10,18H,1,5-6,8-9H2,2-3H3.